The van der Waals surface area contributed by atoms with E-state index in [1.807, 2.05) is 12.1 Å². The molecule has 0 aliphatic heterocycles. The molecular formula is C14H15Br2NOS. The summed E-state index contributed by atoms with van der Waals surface area (Å²) in [7, 11) is 0. The SMILES string of the molecule is Cc1ccc(Br)cc1OCCNCc1cc(Br)cs1. The molecule has 0 spiro atoms. The van der Waals surface area contributed by atoms with Gasteiger partial charge in [-0.3, -0.25) is 0 Å². The van der Waals surface area contributed by atoms with Crippen LogP contribution in [-0.4, -0.2) is 13.2 Å². The van der Waals surface area contributed by atoms with Crippen molar-refractivity contribution in [1.82, 2.24) is 5.32 Å². The van der Waals surface area contributed by atoms with Crippen LogP contribution in [0.2, 0.25) is 0 Å². The number of aryl methyl sites for hydroxylation is 1. The number of hydrogen-bond acceptors (Lipinski definition) is 3. The van der Waals surface area contributed by atoms with Gasteiger partial charge in [0.25, 0.3) is 0 Å². The molecule has 1 aromatic heterocycles. The van der Waals surface area contributed by atoms with Gasteiger partial charge in [-0.2, -0.15) is 0 Å². The van der Waals surface area contributed by atoms with Gasteiger partial charge in [-0.15, -0.1) is 11.3 Å². The molecule has 0 amide bonds. The van der Waals surface area contributed by atoms with Crippen molar-refractivity contribution in [2.24, 2.45) is 0 Å². The van der Waals surface area contributed by atoms with Crippen molar-refractivity contribution in [3.05, 3.63) is 49.0 Å². The molecule has 0 atom stereocenters. The zero-order valence-electron chi connectivity index (χ0n) is 10.6. The maximum absolute atomic E-state index is 5.76. The summed E-state index contributed by atoms with van der Waals surface area (Å²) in [5, 5.41) is 5.47. The van der Waals surface area contributed by atoms with Gasteiger partial charge in [-0.05, 0) is 46.6 Å². The fraction of sp³-hybridized carbons (Fsp3) is 0.286. The zero-order valence-corrected chi connectivity index (χ0v) is 14.6. The molecule has 19 heavy (non-hydrogen) atoms. The van der Waals surface area contributed by atoms with Crippen LogP contribution in [0, 0.1) is 6.92 Å². The third kappa shape index (κ3) is 4.91. The molecule has 0 aliphatic rings. The summed E-state index contributed by atoms with van der Waals surface area (Å²) in [5.74, 6) is 0.940. The third-order valence-electron chi connectivity index (χ3n) is 2.61. The Morgan fingerprint density at radius 3 is 2.79 bits per heavy atom. The number of halogens is 2. The lowest BCUT2D eigenvalue weighted by Crippen LogP contribution is -2.20. The highest BCUT2D eigenvalue weighted by Crippen LogP contribution is 2.22. The Labute approximate surface area is 134 Å². The van der Waals surface area contributed by atoms with Gasteiger partial charge in [0.1, 0.15) is 12.4 Å². The molecule has 1 aromatic carbocycles. The van der Waals surface area contributed by atoms with Crippen molar-refractivity contribution in [3.8, 4) is 5.75 Å². The van der Waals surface area contributed by atoms with Crippen molar-refractivity contribution >= 4 is 43.2 Å². The van der Waals surface area contributed by atoms with E-state index >= 15 is 0 Å². The minimum atomic E-state index is 0.670. The number of benzene rings is 1. The van der Waals surface area contributed by atoms with E-state index in [0.717, 1.165) is 33.3 Å². The van der Waals surface area contributed by atoms with E-state index in [-0.39, 0.29) is 0 Å². The predicted molar refractivity (Wildman–Crippen MR) is 88.1 cm³/mol. The van der Waals surface area contributed by atoms with Crippen LogP contribution in [0.5, 0.6) is 5.75 Å². The smallest absolute Gasteiger partial charge is 0.123 e. The van der Waals surface area contributed by atoms with Gasteiger partial charge in [-0.25, -0.2) is 0 Å². The van der Waals surface area contributed by atoms with Gasteiger partial charge < -0.3 is 10.1 Å². The molecular weight excluding hydrogens is 390 g/mol. The average Bonchev–Trinajstić information content (AvgIpc) is 2.79. The summed E-state index contributed by atoms with van der Waals surface area (Å²) in [6.07, 6.45) is 0. The summed E-state index contributed by atoms with van der Waals surface area (Å²) in [6.45, 7) is 4.45. The molecule has 0 bridgehead atoms. The second-order valence-corrected chi connectivity index (χ2v) is 6.99. The minimum Gasteiger partial charge on any atom is -0.492 e. The third-order valence-corrected chi connectivity index (χ3v) is 4.80. The van der Waals surface area contributed by atoms with Gasteiger partial charge in [0.2, 0.25) is 0 Å². The lowest BCUT2D eigenvalue weighted by Gasteiger charge is -2.10. The van der Waals surface area contributed by atoms with E-state index in [9.17, 15) is 0 Å². The molecule has 0 radical (unpaired) electrons. The maximum Gasteiger partial charge on any atom is 0.123 e. The van der Waals surface area contributed by atoms with Crippen molar-refractivity contribution in [2.45, 2.75) is 13.5 Å². The van der Waals surface area contributed by atoms with Crippen LogP contribution in [0.1, 0.15) is 10.4 Å². The van der Waals surface area contributed by atoms with Gasteiger partial charge in [0.05, 0.1) is 0 Å². The molecule has 2 rings (SSSR count). The fourth-order valence-corrected chi connectivity index (χ4v) is 3.38. The highest BCUT2D eigenvalue weighted by molar-refractivity contribution is 9.10. The highest BCUT2D eigenvalue weighted by Gasteiger charge is 2.01. The number of hydrogen-bond donors (Lipinski definition) is 1. The fourth-order valence-electron chi connectivity index (χ4n) is 1.62. The molecule has 2 nitrogen and oxygen atoms in total. The summed E-state index contributed by atoms with van der Waals surface area (Å²) < 4.78 is 7.96. The van der Waals surface area contributed by atoms with E-state index < -0.39 is 0 Å². The molecule has 1 heterocycles. The summed E-state index contributed by atoms with van der Waals surface area (Å²) >= 11 is 8.66. The first-order valence-electron chi connectivity index (χ1n) is 5.98. The Bertz CT molecular complexity index is 542. The summed E-state index contributed by atoms with van der Waals surface area (Å²) in [5.41, 5.74) is 1.16. The van der Waals surface area contributed by atoms with E-state index in [1.54, 1.807) is 11.3 Å². The molecule has 1 N–H and O–H groups in total. The quantitative estimate of drug-likeness (QED) is 0.701. The first-order valence-corrected chi connectivity index (χ1v) is 8.44. The van der Waals surface area contributed by atoms with Crippen LogP contribution >= 0.6 is 43.2 Å². The van der Waals surface area contributed by atoms with Crippen LogP contribution in [0.4, 0.5) is 0 Å². The second-order valence-electron chi connectivity index (χ2n) is 4.17. The topological polar surface area (TPSA) is 21.3 Å². The molecule has 0 unspecified atom stereocenters. The van der Waals surface area contributed by atoms with Gasteiger partial charge in [0.15, 0.2) is 0 Å². The van der Waals surface area contributed by atoms with Crippen molar-refractivity contribution in [3.63, 3.8) is 0 Å². The molecule has 0 saturated carbocycles. The monoisotopic (exact) mass is 403 g/mol. The van der Waals surface area contributed by atoms with Crippen LogP contribution in [0.25, 0.3) is 0 Å². The molecule has 5 heteroatoms. The van der Waals surface area contributed by atoms with Crippen molar-refractivity contribution in [2.75, 3.05) is 13.2 Å². The largest absolute Gasteiger partial charge is 0.492 e. The Morgan fingerprint density at radius 1 is 1.21 bits per heavy atom. The van der Waals surface area contributed by atoms with Crippen LogP contribution in [0.15, 0.2) is 38.6 Å². The summed E-state index contributed by atoms with van der Waals surface area (Å²) in [4.78, 5) is 1.32. The van der Waals surface area contributed by atoms with Crippen LogP contribution < -0.4 is 10.1 Å². The Balaban J connectivity index is 1.70. The second kappa shape index (κ2) is 7.43. The predicted octanol–water partition coefficient (Wildman–Crippen LogP) is 4.75. The first kappa shape index (κ1) is 15.0. The van der Waals surface area contributed by atoms with E-state index in [4.69, 9.17) is 4.74 Å². The Morgan fingerprint density at radius 2 is 2.05 bits per heavy atom. The van der Waals surface area contributed by atoms with E-state index in [2.05, 4.69) is 61.6 Å². The number of rotatable bonds is 6. The van der Waals surface area contributed by atoms with Crippen molar-refractivity contribution < 1.29 is 4.74 Å². The average molecular weight is 405 g/mol. The maximum atomic E-state index is 5.76. The molecule has 0 aliphatic carbocycles. The lowest BCUT2D eigenvalue weighted by atomic mass is 10.2. The normalized spacial score (nSPS) is 10.7. The van der Waals surface area contributed by atoms with Crippen LogP contribution in [-0.2, 0) is 6.54 Å². The number of ether oxygens (including phenoxy) is 1. The lowest BCUT2D eigenvalue weighted by molar-refractivity contribution is 0.311. The van der Waals surface area contributed by atoms with Crippen molar-refractivity contribution in [1.29, 1.82) is 0 Å². The van der Waals surface area contributed by atoms with Gasteiger partial charge >= 0.3 is 0 Å². The number of thiophene rings is 1. The zero-order chi connectivity index (χ0) is 13.7. The minimum absolute atomic E-state index is 0.670. The molecule has 0 saturated heterocycles. The molecule has 2 aromatic rings. The molecule has 102 valence electrons. The Kier molecular flexibility index (Phi) is 5.88. The van der Waals surface area contributed by atoms with Gasteiger partial charge in [-0.1, -0.05) is 22.0 Å². The first-order chi connectivity index (χ1) is 9.15. The standard InChI is InChI=1S/C14H15Br2NOS/c1-10-2-3-11(15)7-14(10)18-5-4-17-8-13-6-12(16)9-19-13/h2-3,6-7,9,17H,4-5,8H2,1H3. The van der Waals surface area contributed by atoms with Gasteiger partial charge in [0, 0.05) is 32.3 Å². The number of nitrogens with one attached hydrogen (secondary N) is 1. The Hall–Kier alpha value is -0.360. The highest BCUT2D eigenvalue weighted by atomic mass is 79.9. The van der Waals surface area contributed by atoms with Crippen LogP contribution in [0.3, 0.4) is 0 Å². The van der Waals surface area contributed by atoms with E-state index in [0.29, 0.717) is 6.61 Å². The summed E-state index contributed by atoms with van der Waals surface area (Å²) in [6, 6.07) is 8.22. The van der Waals surface area contributed by atoms with E-state index in [1.165, 1.54) is 4.88 Å². The molecule has 0 fully saturated rings.